The fourth-order valence-electron chi connectivity index (χ4n) is 3.54. The van der Waals surface area contributed by atoms with E-state index in [0.29, 0.717) is 5.78 Å². The van der Waals surface area contributed by atoms with Crippen molar-refractivity contribution in [2.75, 3.05) is 26.1 Å². The van der Waals surface area contributed by atoms with Gasteiger partial charge in [0.1, 0.15) is 12.1 Å². The molecule has 0 atom stereocenters. The van der Waals surface area contributed by atoms with Crippen LogP contribution in [0.4, 0.5) is 5.82 Å². The van der Waals surface area contributed by atoms with Crippen molar-refractivity contribution in [1.82, 2.24) is 19.6 Å². The lowest BCUT2D eigenvalue weighted by molar-refractivity contribution is 0.354. The number of methoxy groups -OCH3 is 2. The zero-order valence-electron chi connectivity index (χ0n) is 17.4. The van der Waals surface area contributed by atoms with Crippen LogP contribution in [0, 0.1) is 6.92 Å². The number of aryl methyl sites for hydroxylation is 1. The molecule has 0 radical (unpaired) electrons. The van der Waals surface area contributed by atoms with Gasteiger partial charge in [0, 0.05) is 24.2 Å². The molecular formula is C23H25N5O2. The number of benzene rings is 2. The topological polar surface area (TPSA) is 73.6 Å². The predicted molar refractivity (Wildman–Crippen MR) is 117 cm³/mol. The Bertz CT molecular complexity index is 1140. The molecule has 154 valence electrons. The van der Waals surface area contributed by atoms with Crippen LogP contribution in [-0.4, -0.2) is 40.3 Å². The van der Waals surface area contributed by atoms with Crippen molar-refractivity contribution >= 4 is 11.6 Å². The summed E-state index contributed by atoms with van der Waals surface area (Å²) in [6, 6.07) is 16.4. The molecule has 0 aliphatic carbocycles. The summed E-state index contributed by atoms with van der Waals surface area (Å²) < 4.78 is 12.5. The molecule has 0 spiro atoms. The number of anilines is 1. The molecule has 0 fully saturated rings. The molecule has 30 heavy (non-hydrogen) atoms. The van der Waals surface area contributed by atoms with E-state index >= 15 is 0 Å². The SMILES string of the molecule is COc1ccc(CCNc2c(Cc3ccccc3)c(C)nc3ncnn23)cc1OC. The van der Waals surface area contributed by atoms with Crippen molar-refractivity contribution in [3.05, 3.63) is 77.2 Å². The molecule has 0 saturated carbocycles. The van der Waals surface area contributed by atoms with Crippen LogP contribution in [0.3, 0.4) is 0 Å². The number of nitrogens with zero attached hydrogens (tertiary/aromatic N) is 4. The Morgan fingerprint density at radius 1 is 0.967 bits per heavy atom. The average Bonchev–Trinajstić information content (AvgIpc) is 3.24. The molecule has 4 aromatic rings. The highest BCUT2D eigenvalue weighted by Crippen LogP contribution is 2.28. The monoisotopic (exact) mass is 403 g/mol. The van der Waals surface area contributed by atoms with E-state index in [0.717, 1.165) is 53.5 Å². The summed E-state index contributed by atoms with van der Waals surface area (Å²) >= 11 is 0. The molecule has 7 nitrogen and oxygen atoms in total. The Kier molecular flexibility index (Phi) is 5.79. The van der Waals surface area contributed by atoms with E-state index in [1.165, 1.54) is 11.9 Å². The highest BCUT2D eigenvalue weighted by Gasteiger charge is 2.15. The second kappa shape index (κ2) is 8.82. The van der Waals surface area contributed by atoms with Crippen LogP contribution in [0.1, 0.15) is 22.4 Å². The van der Waals surface area contributed by atoms with Crippen LogP contribution in [0.15, 0.2) is 54.9 Å². The molecule has 2 aromatic heterocycles. The number of aromatic nitrogens is 4. The molecule has 2 heterocycles. The van der Waals surface area contributed by atoms with Gasteiger partial charge in [0.15, 0.2) is 11.5 Å². The second-order valence-corrected chi connectivity index (χ2v) is 7.02. The van der Waals surface area contributed by atoms with Crippen molar-refractivity contribution in [3.8, 4) is 11.5 Å². The summed E-state index contributed by atoms with van der Waals surface area (Å²) in [6.07, 6.45) is 3.13. The number of nitrogens with one attached hydrogen (secondary N) is 1. The van der Waals surface area contributed by atoms with Gasteiger partial charge in [0.2, 0.25) is 0 Å². The summed E-state index contributed by atoms with van der Waals surface area (Å²) in [5, 5.41) is 7.95. The summed E-state index contributed by atoms with van der Waals surface area (Å²) in [5.41, 5.74) is 4.45. The maximum Gasteiger partial charge on any atom is 0.254 e. The van der Waals surface area contributed by atoms with Gasteiger partial charge in [-0.25, -0.2) is 4.98 Å². The van der Waals surface area contributed by atoms with Gasteiger partial charge in [-0.2, -0.15) is 14.6 Å². The lowest BCUT2D eigenvalue weighted by Crippen LogP contribution is -2.14. The van der Waals surface area contributed by atoms with E-state index in [9.17, 15) is 0 Å². The number of hydrogen-bond donors (Lipinski definition) is 1. The van der Waals surface area contributed by atoms with Gasteiger partial charge in [-0.3, -0.25) is 0 Å². The lowest BCUT2D eigenvalue weighted by atomic mass is 10.0. The van der Waals surface area contributed by atoms with E-state index in [-0.39, 0.29) is 0 Å². The lowest BCUT2D eigenvalue weighted by Gasteiger charge is -2.16. The highest BCUT2D eigenvalue weighted by molar-refractivity contribution is 5.54. The molecule has 0 bridgehead atoms. The van der Waals surface area contributed by atoms with Crippen LogP contribution < -0.4 is 14.8 Å². The van der Waals surface area contributed by atoms with Crippen LogP contribution in [0.5, 0.6) is 11.5 Å². The summed E-state index contributed by atoms with van der Waals surface area (Å²) in [7, 11) is 3.29. The minimum Gasteiger partial charge on any atom is -0.493 e. The third kappa shape index (κ3) is 4.05. The molecule has 0 aliphatic rings. The van der Waals surface area contributed by atoms with E-state index < -0.39 is 0 Å². The first kappa shape index (κ1) is 19.7. The molecule has 1 N–H and O–H groups in total. The third-order valence-electron chi connectivity index (χ3n) is 5.11. The number of fused-ring (bicyclic) bond motifs is 1. The van der Waals surface area contributed by atoms with Crippen LogP contribution in [0.25, 0.3) is 5.78 Å². The van der Waals surface area contributed by atoms with E-state index in [2.05, 4.69) is 50.7 Å². The number of hydrogen-bond acceptors (Lipinski definition) is 6. The molecule has 7 heteroatoms. The highest BCUT2D eigenvalue weighted by atomic mass is 16.5. The first-order chi connectivity index (χ1) is 14.7. The van der Waals surface area contributed by atoms with Gasteiger partial charge in [0.25, 0.3) is 5.78 Å². The Balaban J connectivity index is 1.58. The van der Waals surface area contributed by atoms with Crippen molar-refractivity contribution in [2.45, 2.75) is 19.8 Å². The molecule has 0 aliphatic heterocycles. The minimum atomic E-state index is 0.595. The normalized spacial score (nSPS) is 10.9. The van der Waals surface area contributed by atoms with Crippen molar-refractivity contribution in [3.63, 3.8) is 0 Å². The second-order valence-electron chi connectivity index (χ2n) is 7.02. The van der Waals surface area contributed by atoms with Gasteiger partial charge in [-0.1, -0.05) is 36.4 Å². The van der Waals surface area contributed by atoms with Crippen molar-refractivity contribution < 1.29 is 9.47 Å². The maximum absolute atomic E-state index is 5.41. The molecule has 0 saturated heterocycles. The van der Waals surface area contributed by atoms with Crippen LogP contribution in [0.2, 0.25) is 0 Å². The van der Waals surface area contributed by atoms with Crippen LogP contribution in [-0.2, 0) is 12.8 Å². The predicted octanol–water partition coefficient (Wildman–Crippen LogP) is 3.70. The Morgan fingerprint density at radius 2 is 1.77 bits per heavy atom. The van der Waals surface area contributed by atoms with Crippen LogP contribution >= 0.6 is 0 Å². The first-order valence-corrected chi connectivity index (χ1v) is 9.87. The molecule has 4 rings (SSSR count). The van der Waals surface area contributed by atoms with E-state index in [4.69, 9.17) is 9.47 Å². The number of ether oxygens (including phenoxy) is 2. The molecule has 2 aromatic carbocycles. The molecule has 0 unspecified atom stereocenters. The third-order valence-corrected chi connectivity index (χ3v) is 5.11. The Labute approximate surface area is 175 Å². The first-order valence-electron chi connectivity index (χ1n) is 9.87. The Hall–Kier alpha value is -3.61. The summed E-state index contributed by atoms with van der Waals surface area (Å²) in [5.74, 6) is 2.99. The largest absolute Gasteiger partial charge is 0.493 e. The van der Waals surface area contributed by atoms with Gasteiger partial charge in [-0.05, 0) is 36.6 Å². The maximum atomic E-state index is 5.41. The van der Waals surface area contributed by atoms with Gasteiger partial charge in [0.05, 0.1) is 14.2 Å². The van der Waals surface area contributed by atoms with E-state index in [1.807, 2.05) is 25.1 Å². The van der Waals surface area contributed by atoms with Gasteiger partial charge in [-0.15, -0.1) is 0 Å². The standard InChI is InChI=1S/C23H25N5O2/c1-16-19(13-17-7-5-4-6-8-17)22(28-23(27-16)25-15-26-28)24-12-11-18-9-10-20(29-2)21(14-18)30-3/h4-10,14-15,24H,11-13H2,1-3H3. The van der Waals surface area contributed by atoms with Gasteiger partial charge < -0.3 is 14.8 Å². The fourth-order valence-corrected chi connectivity index (χ4v) is 3.54. The van der Waals surface area contributed by atoms with Crippen molar-refractivity contribution in [1.29, 1.82) is 0 Å². The number of rotatable bonds is 8. The van der Waals surface area contributed by atoms with Crippen molar-refractivity contribution in [2.24, 2.45) is 0 Å². The smallest absolute Gasteiger partial charge is 0.254 e. The fraction of sp³-hybridized carbons (Fsp3) is 0.261. The van der Waals surface area contributed by atoms with E-state index in [1.54, 1.807) is 18.7 Å². The summed E-state index contributed by atoms with van der Waals surface area (Å²) in [6.45, 7) is 2.75. The minimum absolute atomic E-state index is 0.595. The Morgan fingerprint density at radius 3 is 2.53 bits per heavy atom. The molecular weight excluding hydrogens is 378 g/mol. The summed E-state index contributed by atoms with van der Waals surface area (Å²) in [4.78, 5) is 8.89. The zero-order chi connectivity index (χ0) is 20.9. The average molecular weight is 403 g/mol. The quantitative estimate of drug-likeness (QED) is 0.484. The van der Waals surface area contributed by atoms with Gasteiger partial charge >= 0.3 is 0 Å². The zero-order valence-corrected chi connectivity index (χ0v) is 17.4. The molecule has 0 amide bonds.